The number of fused-ring (bicyclic) bond motifs is 1. The van der Waals surface area contributed by atoms with Gasteiger partial charge in [-0.3, -0.25) is 0 Å². The van der Waals surface area contributed by atoms with E-state index in [9.17, 15) is 0 Å². The Kier molecular flexibility index (Phi) is 3.48. The Hall–Kier alpha value is -1.46. The van der Waals surface area contributed by atoms with E-state index in [0.29, 0.717) is 12.2 Å². The van der Waals surface area contributed by atoms with E-state index in [1.807, 2.05) is 18.2 Å². The summed E-state index contributed by atoms with van der Waals surface area (Å²) in [7, 11) is 0. The third-order valence-electron chi connectivity index (χ3n) is 2.44. The lowest BCUT2D eigenvalue weighted by Crippen LogP contribution is -2.24. The van der Waals surface area contributed by atoms with Gasteiger partial charge in [-0.25, -0.2) is 0 Å². The molecule has 5 heteroatoms. The number of rotatable bonds is 5. The monoisotopic (exact) mass is 225 g/mol. The fraction of sp³-hybridized carbons (Fsp3) is 0.455. The second-order valence-electron chi connectivity index (χ2n) is 3.60. The molecule has 0 spiro atoms. The lowest BCUT2D eigenvalue weighted by atomic mass is 10.2. The van der Waals surface area contributed by atoms with Gasteiger partial charge in [-0.2, -0.15) is 0 Å². The van der Waals surface area contributed by atoms with Gasteiger partial charge in [-0.05, 0) is 18.6 Å². The summed E-state index contributed by atoms with van der Waals surface area (Å²) in [5.41, 5.74) is 0.844. The van der Waals surface area contributed by atoms with E-state index in [2.05, 4.69) is 5.32 Å². The molecule has 1 aromatic rings. The quantitative estimate of drug-likeness (QED) is 0.683. The first kappa shape index (κ1) is 11.0. The largest absolute Gasteiger partial charge is 0.454 e. The van der Waals surface area contributed by atoms with Crippen molar-refractivity contribution in [2.24, 2.45) is 0 Å². The molecule has 0 aliphatic carbocycles. The average Bonchev–Trinajstić information content (AvgIpc) is 2.75. The second kappa shape index (κ2) is 5.05. The number of aliphatic hydroxyl groups is 2. The van der Waals surface area contributed by atoms with Crippen LogP contribution < -0.4 is 14.8 Å². The molecule has 1 aromatic carbocycles. The van der Waals surface area contributed by atoms with Crippen LogP contribution in [-0.4, -0.2) is 36.3 Å². The van der Waals surface area contributed by atoms with Crippen LogP contribution in [0.15, 0.2) is 18.2 Å². The molecule has 16 heavy (non-hydrogen) atoms. The van der Waals surface area contributed by atoms with Crippen LogP contribution in [0.5, 0.6) is 11.5 Å². The van der Waals surface area contributed by atoms with E-state index in [1.165, 1.54) is 0 Å². The Morgan fingerprint density at radius 3 is 2.81 bits per heavy atom. The SMILES string of the molecule is OCCC(CO)Nc1ccc2c(c1)OCO2. The van der Waals surface area contributed by atoms with Gasteiger partial charge >= 0.3 is 0 Å². The van der Waals surface area contributed by atoms with Crippen molar-refractivity contribution in [3.63, 3.8) is 0 Å². The standard InChI is InChI=1S/C11H15NO4/c13-4-3-9(6-14)12-8-1-2-10-11(5-8)16-7-15-10/h1-2,5,9,12-14H,3-4,6-7H2. The summed E-state index contributed by atoms with van der Waals surface area (Å²) in [5, 5.41) is 21.0. The molecule has 1 heterocycles. The molecule has 5 nitrogen and oxygen atoms in total. The minimum absolute atomic E-state index is 0.0188. The Balaban J connectivity index is 2.04. The molecule has 0 radical (unpaired) electrons. The van der Waals surface area contributed by atoms with Crippen LogP contribution in [0.25, 0.3) is 0 Å². The third kappa shape index (κ3) is 2.37. The van der Waals surface area contributed by atoms with E-state index in [0.717, 1.165) is 11.4 Å². The van der Waals surface area contributed by atoms with Crippen LogP contribution in [-0.2, 0) is 0 Å². The molecular weight excluding hydrogens is 210 g/mol. The Bertz CT molecular complexity index is 356. The van der Waals surface area contributed by atoms with Gasteiger partial charge in [0.1, 0.15) is 0 Å². The molecule has 0 bridgehead atoms. The molecule has 88 valence electrons. The molecule has 0 amide bonds. The van der Waals surface area contributed by atoms with E-state index in [-0.39, 0.29) is 26.0 Å². The molecule has 0 saturated carbocycles. The highest BCUT2D eigenvalue weighted by atomic mass is 16.7. The minimum atomic E-state index is -0.148. The lowest BCUT2D eigenvalue weighted by Gasteiger charge is -2.16. The van der Waals surface area contributed by atoms with Crippen molar-refractivity contribution in [1.29, 1.82) is 0 Å². The Morgan fingerprint density at radius 2 is 2.06 bits per heavy atom. The van der Waals surface area contributed by atoms with Crippen molar-refractivity contribution in [1.82, 2.24) is 0 Å². The molecule has 1 aliphatic rings. The number of benzene rings is 1. The number of hydrogen-bond acceptors (Lipinski definition) is 5. The van der Waals surface area contributed by atoms with Gasteiger partial charge in [-0.1, -0.05) is 0 Å². The molecule has 3 N–H and O–H groups in total. The second-order valence-corrected chi connectivity index (χ2v) is 3.60. The molecule has 1 aliphatic heterocycles. The molecule has 0 saturated heterocycles. The zero-order valence-corrected chi connectivity index (χ0v) is 8.85. The predicted molar refractivity (Wildman–Crippen MR) is 58.8 cm³/mol. The summed E-state index contributed by atoms with van der Waals surface area (Å²) in [5.74, 6) is 1.43. The topological polar surface area (TPSA) is 71.0 Å². The number of nitrogens with one attached hydrogen (secondary N) is 1. The van der Waals surface area contributed by atoms with Gasteiger partial charge < -0.3 is 25.0 Å². The molecule has 2 rings (SSSR count). The van der Waals surface area contributed by atoms with Crippen LogP contribution in [0.2, 0.25) is 0 Å². The first-order chi connectivity index (χ1) is 7.83. The van der Waals surface area contributed by atoms with Crippen LogP contribution >= 0.6 is 0 Å². The van der Waals surface area contributed by atoms with E-state index in [4.69, 9.17) is 19.7 Å². The number of anilines is 1. The summed E-state index contributed by atoms with van der Waals surface area (Å²) in [4.78, 5) is 0. The maximum Gasteiger partial charge on any atom is 0.231 e. The van der Waals surface area contributed by atoms with Crippen molar-refractivity contribution in [2.45, 2.75) is 12.5 Å². The van der Waals surface area contributed by atoms with Crippen molar-refractivity contribution in [3.8, 4) is 11.5 Å². The van der Waals surface area contributed by atoms with Crippen LogP contribution in [0.1, 0.15) is 6.42 Å². The normalized spacial score (nSPS) is 14.9. The van der Waals surface area contributed by atoms with Crippen LogP contribution in [0.4, 0.5) is 5.69 Å². The Labute approximate surface area is 93.6 Å². The highest BCUT2D eigenvalue weighted by molar-refractivity contribution is 5.56. The third-order valence-corrected chi connectivity index (χ3v) is 2.44. The predicted octanol–water partition coefficient (Wildman–Crippen LogP) is 0.570. The zero-order chi connectivity index (χ0) is 11.4. The van der Waals surface area contributed by atoms with E-state index in [1.54, 1.807) is 0 Å². The van der Waals surface area contributed by atoms with Gasteiger partial charge in [0.25, 0.3) is 0 Å². The highest BCUT2D eigenvalue weighted by Crippen LogP contribution is 2.34. The van der Waals surface area contributed by atoms with Crippen LogP contribution in [0.3, 0.4) is 0 Å². The van der Waals surface area contributed by atoms with Crippen molar-refractivity contribution < 1.29 is 19.7 Å². The summed E-state index contributed by atoms with van der Waals surface area (Å²) >= 11 is 0. The van der Waals surface area contributed by atoms with Crippen molar-refractivity contribution in [2.75, 3.05) is 25.3 Å². The first-order valence-electron chi connectivity index (χ1n) is 5.21. The van der Waals surface area contributed by atoms with Crippen LogP contribution in [0, 0.1) is 0 Å². The van der Waals surface area contributed by atoms with Gasteiger partial charge in [0, 0.05) is 18.4 Å². The molecule has 0 aromatic heterocycles. The first-order valence-corrected chi connectivity index (χ1v) is 5.21. The summed E-state index contributed by atoms with van der Waals surface area (Å²) < 4.78 is 10.4. The number of aliphatic hydroxyl groups excluding tert-OH is 2. The highest BCUT2D eigenvalue weighted by Gasteiger charge is 2.14. The Morgan fingerprint density at radius 1 is 1.25 bits per heavy atom. The van der Waals surface area contributed by atoms with Gasteiger partial charge in [-0.15, -0.1) is 0 Å². The number of ether oxygens (including phenoxy) is 2. The molecule has 1 atom stereocenters. The molecule has 1 unspecified atom stereocenters. The zero-order valence-electron chi connectivity index (χ0n) is 8.85. The maximum atomic E-state index is 9.08. The van der Waals surface area contributed by atoms with E-state index < -0.39 is 0 Å². The van der Waals surface area contributed by atoms with Crippen molar-refractivity contribution >= 4 is 5.69 Å². The summed E-state index contributed by atoms with van der Waals surface area (Å²) in [6.07, 6.45) is 0.505. The maximum absolute atomic E-state index is 9.08. The average molecular weight is 225 g/mol. The number of hydrogen-bond donors (Lipinski definition) is 3. The molecular formula is C11H15NO4. The van der Waals surface area contributed by atoms with Gasteiger partial charge in [0.05, 0.1) is 12.6 Å². The smallest absolute Gasteiger partial charge is 0.231 e. The van der Waals surface area contributed by atoms with Gasteiger partial charge in [0.2, 0.25) is 6.79 Å². The van der Waals surface area contributed by atoms with Crippen molar-refractivity contribution in [3.05, 3.63) is 18.2 Å². The van der Waals surface area contributed by atoms with E-state index >= 15 is 0 Å². The summed E-state index contributed by atoms with van der Waals surface area (Å²) in [6.45, 7) is 0.274. The fourth-order valence-corrected chi connectivity index (χ4v) is 1.59. The molecule has 0 fully saturated rings. The van der Waals surface area contributed by atoms with Gasteiger partial charge in [0.15, 0.2) is 11.5 Å². The minimum Gasteiger partial charge on any atom is -0.454 e. The lowest BCUT2D eigenvalue weighted by molar-refractivity contribution is 0.174. The summed E-state index contributed by atoms with van der Waals surface area (Å²) in [6, 6.07) is 5.35. The fourth-order valence-electron chi connectivity index (χ4n) is 1.59.